The molecule has 6 nitrogen and oxygen atoms in total. The van der Waals surface area contributed by atoms with Crippen LogP contribution in [0.1, 0.15) is 24.0 Å². The van der Waals surface area contributed by atoms with Gasteiger partial charge >= 0.3 is 5.97 Å². The molecule has 2 rings (SSSR count). The molecule has 1 N–H and O–H groups in total. The number of carboxylic acid groups (broad SMARTS) is 1. The highest BCUT2D eigenvalue weighted by Gasteiger charge is 2.17. The Kier molecular flexibility index (Phi) is 7.67. The minimum Gasteiger partial charge on any atom is -0.497 e. The third-order valence-electron chi connectivity index (χ3n) is 4.22. The average molecular weight is 371 g/mol. The summed E-state index contributed by atoms with van der Waals surface area (Å²) in [6.07, 6.45) is 0.588. The van der Waals surface area contributed by atoms with Crippen molar-refractivity contribution >= 4 is 11.9 Å². The Morgan fingerprint density at radius 3 is 2.41 bits per heavy atom. The molecule has 0 bridgehead atoms. The second-order valence-electron chi connectivity index (χ2n) is 6.15. The molecule has 6 heteroatoms. The van der Waals surface area contributed by atoms with E-state index in [0.29, 0.717) is 31.0 Å². The largest absolute Gasteiger partial charge is 0.497 e. The first kappa shape index (κ1) is 20.3. The monoisotopic (exact) mass is 371 g/mol. The molecule has 2 aromatic carbocycles. The molecule has 0 spiro atoms. The number of hydrogen-bond acceptors (Lipinski definition) is 4. The van der Waals surface area contributed by atoms with Gasteiger partial charge in [-0.1, -0.05) is 30.3 Å². The average Bonchev–Trinajstić information content (AvgIpc) is 2.67. The molecule has 0 fully saturated rings. The maximum Gasteiger partial charge on any atom is 0.303 e. The molecule has 0 atom stereocenters. The van der Waals surface area contributed by atoms with Gasteiger partial charge < -0.3 is 19.5 Å². The summed E-state index contributed by atoms with van der Waals surface area (Å²) in [6.45, 7) is 0.817. The Bertz CT molecular complexity index is 760. The second kappa shape index (κ2) is 10.2. The molecule has 0 heterocycles. The van der Waals surface area contributed by atoms with E-state index in [1.54, 1.807) is 37.3 Å². The number of amides is 1. The minimum atomic E-state index is -0.864. The second-order valence-corrected chi connectivity index (χ2v) is 6.15. The zero-order valence-electron chi connectivity index (χ0n) is 15.7. The Morgan fingerprint density at radius 1 is 1.04 bits per heavy atom. The number of aliphatic carboxylic acids is 1. The summed E-state index contributed by atoms with van der Waals surface area (Å²) in [5.74, 6) is 0.320. The molecule has 1 amide bonds. The number of carbonyl (C=O) groups is 2. The number of carboxylic acids is 1. The summed E-state index contributed by atoms with van der Waals surface area (Å²) >= 11 is 0. The number of hydrogen-bond donors (Lipinski definition) is 1. The van der Waals surface area contributed by atoms with Gasteiger partial charge in [-0.3, -0.25) is 9.59 Å². The summed E-state index contributed by atoms with van der Waals surface area (Å²) in [4.78, 5) is 25.5. The van der Waals surface area contributed by atoms with Crippen LogP contribution in [0.3, 0.4) is 0 Å². The number of carbonyl (C=O) groups excluding carboxylic acids is 1. The molecule has 0 aliphatic heterocycles. The first-order valence-corrected chi connectivity index (χ1v) is 8.78. The highest BCUT2D eigenvalue weighted by Crippen LogP contribution is 2.25. The van der Waals surface area contributed by atoms with E-state index >= 15 is 0 Å². The van der Waals surface area contributed by atoms with Crippen molar-refractivity contribution in [3.63, 3.8) is 0 Å². The predicted octanol–water partition coefficient (Wildman–Crippen LogP) is 3.14. The third kappa shape index (κ3) is 6.33. The Morgan fingerprint density at radius 2 is 1.78 bits per heavy atom. The van der Waals surface area contributed by atoms with Crippen molar-refractivity contribution in [3.8, 4) is 11.5 Å². The third-order valence-corrected chi connectivity index (χ3v) is 4.22. The van der Waals surface area contributed by atoms with Crippen molar-refractivity contribution < 1.29 is 24.2 Å². The van der Waals surface area contributed by atoms with Gasteiger partial charge in [0.1, 0.15) is 11.5 Å². The molecule has 0 aliphatic rings. The number of rotatable bonds is 10. The van der Waals surface area contributed by atoms with Crippen LogP contribution in [-0.2, 0) is 22.6 Å². The van der Waals surface area contributed by atoms with Crippen LogP contribution in [0.2, 0.25) is 0 Å². The Labute approximate surface area is 159 Å². The van der Waals surface area contributed by atoms with Gasteiger partial charge in [0.05, 0.1) is 20.6 Å². The smallest absolute Gasteiger partial charge is 0.303 e. The van der Waals surface area contributed by atoms with Crippen molar-refractivity contribution in [3.05, 3.63) is 59.7 Å². The fraction of sp³-hybridized carbons (Fsp3) is 0.333. The van der Waals surface area contributed by atoms with Crippen molar-refractivity contribution in [1.82, 2.24) is 4.90 Å². The van der Waals surface area contributed by atoms with E-state index in [9.17, 15) is 9.59 Å². The molecular weight excluding hydrogens is 346 g/mol. The molecule has 144 valence electrons. The zero-order chi connectivity index (χ0) is 19.6. The minimum absolute atomic E-state index is 0.0288. The van der Waals surface area contributed by atoms with Crippen LogP contribution < -0.4 is 9.47 Å². The normalized spacial score (nSPS) is 10.3. The molecule has 2 aromatic rings. The highest BCUT2D eigenvalue weighted by atomic mass is 16.5. The van der Waals surface area contributed by atoms with E-state index in [1.807, 2.05) is 30.3 Å². The Balaban J connectivity index is 2.15. The maximum atomic E-state index is 12.9. The lowest BCUT2D eigenvalue weighted by molar-refractivity contribution is -0.138. The molecule has 0 radical (unpaired) electrons. The summed E-state index contributed by atoms with van der Waals surface area (Å²) in [7, 11) is 3.13. The fourth-order valence-corrected chi connectivity index (χ4v) is 2.81. The van der Waals surface area contributed by atoms with Crippen LogP contribution in [0.4, 0.5) is 0 Å². The lowest BCUT2D eigenvalue weighted by atomic mass is 10.1. The van der Waals surface area contributed by atoms with Crippen molar-refractivity contribution in [2.45, 2.75) is 25.8 Å². The van der Waals surface area contributed by atoms with Gasteiger partial charge in [0.2, 0.25) is 5.91 Å². The standard InChI is InChI=1S/C21H25NO5/c1-26-18-10-11-19(27-2)17(13-18)14-20(23)22(12-6-9-21(24)25)15-16-7-4-3-5-8-16/h3-5,7-8,10-11,13H,6,9,12,14-15H2,1-2H3,(H,24,25). The number of nitrogens with zero attached hydrogens (tertiary/aromatic N) is 1. The van der Waals surface area contributed by atoms with Crippen LogP contribution in [0.5, 0.6) is 11.5 Å². The van der Waals surface area contributed by atoms with Crippen LogP contribution >= 0.6 is 0 Å². The number of benzene rings is 2. The van der Waals surface area contributed by atoms with Crippen molar-refractivity contribution in [2.75, 3.05) is 20.8 Å². The SMILES string of the molecule is COc1ccc(OC)c(CC(=O)N(CCCC(=O)O)Cc2ccccc2)c1. The van der Waals surface area contributed by atoms with Crippen LogP contribution in [0, 0.1) is 0 Å². The van der Waals surface area contributed by atoms with Gasteiger partial charge in [-0.25, -0.2) is 0 Å². The maximum absolute atomic E-state index is 12.9. The van der Waals surface area contributed by atoms with Crippen molar-refractivity contribution in [1.29, 1.82) is 0 Å². The lowest BCUT2D eigenvalue weighted by Gasteiger charge is -2.23. The van der Waals surface area contributed by atoms with Crippen LogP contribution in [0.25, 0.3) is 0 Å². The summed E-state index contributed by atoms with van der Waals surface area (Å²) in [6, 6.07) is 15.0. The van der Waals surface area contributed by atoms with E-state index in [0.717, 1.165) is 11.1 Å². The van der Waals surface area contributed by atoms with Gasteiger partial charge in [0.15, 0.2) is 0 Å². The summed E-state index contributed by atoms with van der Waals surface area (Å²) < 4.78 is 10.6. The summed E-state index contributed by atoms with van der Waals surface area (Å²) in [5, 5.41) is 8.88. The van der Waals surface area contributed by atoms with Crippen molar-refractivity contribution in [2.24, 2.45) is 0 Å². The number of ether oxygens (including phenoxy) is 2. The van der Waals surface area contributed by atoms with E-state index < -0.39 is 5.97 Å². The molecular formula is C21H25NO5. The topological polar surface area (TPSA) is 76.1 Å². The predicted molar refractivity (Wildman–Crippen MR) is 102 cm³/mol. The van der Waals surface area contributed by atoms with E-state index in [4.69, 9.17) is 14.6 Å². The Hall–Kier alpha value is -3.02. The van der Waals surface area contributed by atoms with Gasteiger partial charge in [-0.05, 0) is 30.2 Å². The molecule has 0 saturated carbocycles. The van der Waals surface area contributed by atoms with E-state index in [2.05, 4.69) is 0 Å². The molecule has 0 aliphatic carbocycles. The van der Waals surface area contributed by atoms with E-state index in [-0.39, 0.29) is 18.7 Å². The highest BCUT2D eigenvalue weighted by molar-refractivity contribution is 5.79. The van der Waals surface area contributed by atoms with Gasteiger partial charge in [0, 0.05) is 25.1 Å². The summed E-state index contributed by atoms with van der Waals surface area (Å²) in [5.41, 5.74) is 1.73. The van der Waals surface area contributed by atoms with E-state index in [1.165, 1.54) is 0 Å². The molecule has 0 saturated heterocycles. The zero-order valence-corrected chi connectivity index (χ0v) is 15.7. The van der Waals surface area contributed by atoms with Gasteiger partial charge in [-0.15, -0.1) is 0 Å². The molecule has 0 unspecified atom stereocenters. The molecule has 0 aromatic heterocycles. The van der Waals surface area contributed by atoms with Gasteiger partial charge in [0.25, 0.3) is 0 Å². The first-order chi connectivity index (χ1) is 13.0. The quantitative estimate of drug-likeness (QED) is 0.694. The van der Waals surface area contributed by atoms with Crippen LogP contribution in [0.15, 0.2) is 48.5 Å². The fourth-order valence-electron chi connectivity index (χ4n) is 2.81. The molecule has 27 heavy (non-hydrogen) atoms. The first-order valence-electron chi connectivity index (χ1n) is 8.78. The van der Waals surface area contributed by atoms with Gasteiger partial charge in [-0.2, -0.15) is 0 Å². The lowest BCUT2D eigenvalue weighted by Crippen LogP contribution is -2.33. The number of methoxy groups -OCH3 is 2. The van der Waals surface area contributed by atoms with Crippen LogP contribution in [-0.4, -0.2) is 42.6 Å².